The zero-order chi connectivity index (χ0) is 41.0. The predicted octanol–water partition coefficient (Wildman–Crippen LogP) is 8.12. The quantitative estimate of drug-likeness (QED) is 0.0958. The van der Waals surface area contributed by atoms with Gasteiger partial charge in [-0.2, -0.15) is 4.58 Å². The SMILES string of the molecule is CCN1c2cc3c(cc2C(C)=CC1(C)C)/C(=C/C=C/C1=[N+](CCCCCC(=O)ON2C(=O)CCC2=O)c2ccc(S(=O)(=O)[O-])cc2C1(C)C)C=C(C(C)(C)C)O3. The first-order valence-electron chi connectivity index (χ1n) is 19.4. The molecule has 0 bridgehead atoms. The highest BCUT2D eigenvalue weighted by atomic mass is 32.2. The minimum Gasteiger partial charge on any atom is -0.744 e. The fourth-order valence-corrected chi connectivity index (χ4v) is 8.68. The van der Waals surface area contributed by atoms with Gasteiger partial charge in [0.1, 0.15) is 28.2 Å². The van der Waals surface area contributed by atoms with E-state index in [1.165, 1.54) is 23.3 Å². The van der Waals surface area contributed by atoms with E-state index < -0.39 is 33.3 Å². The number of unbranched alkanes of at least 4 members (excludes halogenated alkanes) is 2. The van der Waals surface area contributed by atoms with Crippen LogP contribution < -0.4 is 9.64 Å². The van der Waals surface area contributed by atoms with Crippen LogP contribution in [0.2, 0.25) is 0 Å². The fraction of sp³-hybridized carbons (Fsp3) is 0.455. The van der Waals surface area contributed by atoms with Gasteiger partial charge in [-0.05, 0) is 89.8 Å². The molecule has 0 atom stereocenters. The van der Waals surface area contributed by atoms with Crippen molar-refractivity contribution in [2.45, 2.75) is 117 Å². The lowest BCUT2D eigenvalue weighted by molar-refractivity contribution is -0.438. The van der Waals surface area contributed by atoms with Crippen molar-refractivity contribution in [2.75, 3.05) is 18.0 Å². The summed E-state index contributed by atoms with van der Waals surface area (Å²) in [5.74, 6) is 0.00276. The third-order valence-electron chi connectivity index (χ3n) is 11.1. The van der Waals surface area contributed by atoms with E-state index in [1.807, 2.05) is 26.0 Å². The summed E-state index contributed by atoms with van der Waals surface area (Å²) in [6, 6.07) is 8.91. The number of nitrogens with zero attached hydrogens (tertiary/aromatic N) is 3. The number of rotatable bonds is 11. The van der Waals surface area contributed by atoms with Crippen LogP contribution in [0.25, 0.3) is 11.1 Å². The van der Waals surface area contributed by atoms with E-state index in [1.54, 1.807) is 6.07 Å². The largest absolute Gasteiger partial charge is 0.744 e. The number of likely N-dealkylation sites (N-methyl/N-ethyl adjacent to an activating group) is 1. The molecule has 0 unspecified atom stereocenters. The topological polar surface area (TPSA) is 136 Å². The molecule has 0 saturated carbocycles. The molecular formula is C44H53N3O8S. The number of hydrogen-bond acceptors (Lipinski definition) is 9. The molecule has 0 spiro atoms. The van der Waals surface area contributed by atoms with Crippen molar-refractivity contribution in [2.24, 2.45) is 5.41 Å². The Hall–Kier alpha value is -4.81. The number of imide groups is 1. The lowest BCUT2D eigenvalue weighted by Crippen LogP contribution is -2.45. The number of anilines is 1. The summed E-state index contributed by atoms with van der Waals surface area (Å²) in [5, 5.41) is 0.565. The second-order valence-corrected chi connectivity index (χ2v) is 18.5. The maximum absolute atomic E-state index is 12.4. The number of allylic oxidation sites excluding steroid dienone is 7. The van der Waals surface area contributed by atoms with Crippen LogP contribution in [0.3, 0.4) is 0 Å². The molecule has 2 aromatic carbocycles. The molecule has 0 radical (unpaired) electrons. The smallest absolute Gasteiger partial charge is 0.333 e. The van der Waals surface area contributed by atoms with Gasteiger partial charge in [-0.25, -0.2) is 13.2 Å². The van der Waals surface area contributed by atoms with Crippen LogP contribution >= 0.6 is 0 Å². The summed E-state index contributed by atoms with van der Waals surface area (Å²) in [6.07, 6.45) is 12.5. The van der Waals surface area contributed by atoms with Gasteiger partial charge >= 0.3 is 5.97 Å². The Labute approximate surface area is 330 Å². The van der Waals surface area contributed by atoms with Crippen molar-refractivity contribution in [3.05, 3.63) is 83.2 Å². The molecule has 12 heteroatoms. The molecule has 2 amide bonds. The summed E-state index contributed by atoms with van der Waals surface area (Å²) >= 11 is 0. The average Bonchev–Trinajstić information content (AvgIpc) is 3.52. The molecule has 56 heavy (non-hydrogen) atoms. The predicted molar refractivity (Wildman–Crippen MR) is 215 cm³/mol. The number of ether oxygens (including phenoxy) is 1. The van der Waals surface area contributed by atoms with Crippen molar-refractivity contribution >= 4 is 56.1 Å². The maximum atomic E-state index is 12.4. The Kier molecular flexibility index (Phi) is 10.9. The molecular weight excluding hydrogens is 731 g/mol. The molecule has 11 nitrogen and oxygen atoms in total. The van der Waals surface area contributed by atoms with E-state index in [0.717, 1.165) is 51.8 Å². The number of benzene rings is 2. The molecule has 4 heterocycles. The van der Waals surface area contributed by atoms with Gasteiger partial charge < -0.3 is 19.0 Å². The Morgan fingerprint density at radius 3 is 2.36 bits per heavy atom. The zero-order valence-corrected chi connectivity index (χ0v) is 34.8. The summed E-state index contributed by atoms with van der Waals surface area (Å²) < 4.78 is 45.0. The minimum atomic E-state index is -4.68. The molecule has 0 aliphatic carbocycles. The van der Waals surface area contributed by atoms with E-state index in [9.17, 15) is 27.4 Å². The summed E-state index contributed by atoms with van der Waals surface area (Å²) in [4.78, 5) is 43.2. The first kappa shape index (κ1) is 40.8. The van der Waals surface area contributed by atoms with E-state index in [-0.39, 0.29) is 35.1 Å². The third kappa shape index (κ3) is 7.91. The van der Waals surface area contributed by atoms with Crippen LogP contribution in [0, 0.1) is 5.41 Å². The number of carbonyl (C=O) groups is 3. The highest BCUT2D eigenvalue weighted by molar-refractivity contribution is 7.85. The lowest BCUT2D eigenvalue weighted by Gasteiger charge is -2.43. The van der Waals surface area contributed by atoms with Gasteiger partial charge in [0.05, 0.1) is 15.8 Å². The van der Waals surface area contributed by atoms with Crippen molar-refractivity contribution in [3.8, 4) is 5.75 Å². The normalized spacial score (nSPS) is 19.6. The van der Waals surface area contributed by atoms with Crippen LogP contribution in [0.4, 0.5) is 11.4 Å². The van der Waals surface area contributed by atoms with Gasteiger partial charge in [0.2, 0.25) is 5.69 Å². The van der Waals surface area contributed by atoms with E-state index in [4.69, 9.17) is 9.57 Å². The van der Waals surface area contributed by atoms with E-state index in [2.05, 4.69) is 88.3 Å². The van der Waals surface area contributed by atoms with Crippen molar-refractivity contribution in [1.82, 2.24) is 5.06 Å². The molecule has 0 N–H and O–H groups in total. The van der Waals surface area contributed by atoms with Crippen LogP contribution in [0.1, 0.15) is 118 Å². The maximum Gasteiger partial charge on any atom is 0.333 e. The van der Waals surface area contributed by atoms with Crippen LogP contribution in [-0.2, 0) is 34.8 Å². The highest BCUT2D eigenvalue weighted by Gasteiger charge is 2.44. The fourth-order valence-electron chi connectivity index (χ4n) is 8.18. The molecule has 298 valence electrons. The number of hydroxylamine groups is 2. The summed E-state index contributed by atoms with van der Waals surface area (Å²) in [6.45, 7) is 20.6. The highest BCUT2D eigenvalue weighted by Crippen LogP contribution is 2.47. The van der Waals surface area contributed by atoms with Crippen LogP contribution in [-0.4, -0.2) is 64.7 Å². The first-order valence-corrected chi connectivity index (χ1v) is 20.8. The van der Waals surface area contributed by atoms with Crippen molar-refractivity contribution in [1.29, 1.82) is 0 Å². The van der Waals surface area contributed by atoms with Crippen LogP contribution in [0.15, 0.2) is 71.4 Å². The number of carbonyl (C=O) groups excluding carboxylic acids is 3. The summed E-state index contributed by atoms with van der Waals surface area (Å²) in [7, 11) is -4.68. The Morgan fingerprint density at radius 2 is 1.71 bits per heavy atom. The number of hydrogen-bond donors (Lipinski definition) is 0. The van der Waals surface area contributed by atoms with Gasteiger partial charge in [0.15, 0.2) is 5.71 Å². The van der Waals surface area contributed by atoms with Gasteiger partial charge in [-0.1, -0.05) is 39.0 Å². The third-order valence-corrected chi connectivity index (χ3v) is 11.9. The van der Waals surface area contributed by atoms with Gasteiger partial charge in [-0.3, -0.25) is 9.59 Å². The Morgan fingerprint density at radius 1 is 1.02 bits per heavy atom. The van der Waals surface area contributed by atoms with Gasteiger partial charge in [0, 0.05) is 78.2 Å². The molecule has 2 aromatic rings. The zero-order valence-electron chi connectivity index (χ0n) is 33.9. The second-order valence-electron chi connectivity index (χ2n) is 17.1. The van der Waals surface area contributed by atoms with Crippen molar-refractivity contribution < 1.29 is 41.5 Å². The molecule has 1 saturated heterocycles. The number of fused-ring (bicyclic) bond motifs is 3. The summed E-state index contributed by atoms with van der Waals surface area (Å²) in [5.41, 5.74) is 6.92. The molecule has 4 aliphatic heterocycles. The average molecular weight is 784 g/mol. The van der Waals surface area contributed by atoms with Gasteiger partial charge in [0.25, 0.3) is 11.8 Å². The molecule has 4 aliphatic rings. The van der Waals surface area contributed by atoms with Crippen LogP contribution in [0.5, 0.6) is 5.75 Å². The monoisotopic (exact) mass is 783 g/mol. The van der Waals surface area contributed by atoms with E-state index in [0.29, 0.717) is 30.9 Å². The van der Waals surface area contributed by atoms with E-state index >= 15 is 0 Å². The Balaban J connectivity index is 1.32. The Bertz CT molecular complexity index is 2250. The standard InChI is InChI=1S/C44H53N3O8S/c1-10-46-35-26-36-32(25-31(35)28(2)27-43(46,6)7)29(23-38(54-36)42(3,4)5)15-14-16-37-44(8,9)33-24-30(56(51,52)53)18-19-34(33)45(37)22-13-11-12-17-41(50)55-47-39(48)20-21-40(47)49/h14-16,18-19,23-27H,10-13,17,20-22H2,1-9H3. The minimum absolute atomic E-state index is 0.0400. The lowest BCUT2D eigenvalue weighted by atomic mass is 9.81. The molecule has 6 rings (SSSR count). The molecule has 1 fully saturated rings. The van der Waals surface area contributed by atoms with Crippen molar-refractivity contribution in [3.63, 3.8) is 0 Å². The number of amides is 2. The second kappa shape index (κ2) is 14.9. The molecule has 0 aromatic heterocycles. The first-order chi connectivity index (χ1) is 26.1. The van der Waals surface area contributed by atoms with Gasteiger partial charge in [-0.15, -0.1) is 5.06 Å².